The number of aryl methyl sites for hydroxylation is 2. The van der Waals surface area contributed by atoms with E-state index in [0.717, 1.165) is 37.1 Å². The average molecular weight is 272 g/mol. The number of hydrogen-bond donors (Lipinski definition) is 1. The van der Waals surface area contributed by atoms with Crippen LogP contribution in [0.15, 0.2) is 0 Å². The molecule has 0 saturated carbocycles. The number of nitrogens with zero attached hydrogens (tertiary/aromatic N) is 2. The third kappa shape index (κ3) is 3.25. The van der Waals surface area contributed by atoms with Crippen LogP contribution >= 0.6 is 11.6 Å². The number of rotatable bonds is 4. The minimum absolute atomic E-state index is 0.0912. The van der Waals surface area contributed by atoms with Crippen molar-refractivity contribution >= 4 is 11.6 Å². The van der Waals surface area contributed by atoms with E-state index in [1.54, 1.807) is 4.68 Å². The summed E-state index contributed by atoms with van der Waals surface area (Å²) in [6, 6.07) is 0.0912. The van der Waals surface area contributed by atoms with Gasteiger partial charge in [-0.2, -0.15) is 5.10 Å². The van der Waals surface area contributed by atoms with Crippen LogP contribution in [0, 0.1) is 6.92 Å². The monoisotopic (exact) mass is 271 g/mol. The first kappa shape index (κ1) is 13.8. The predicted molar refractivity (Wildman–Crippen MR) is 72.8 cm³/mol. The van der Waals surface area contributed by atoms with Crippen molar-refractivity contribution in [2.45, 2.75) is 51.2 Å². The van der Waals surface area contributed by atoms with Crippen LogP contribution in [0.2, 0.25) is 5.15 Å². The van der Waals surface area contributed by atoms with Crippen molar-refractivity contribution in [3.63, 3.8) is 0 Å². The third-order valence-corrected chi connectivity index (χ3v) is 4.05. The summed E-state index contributed by atoms with van der Waals surface area (Å²) in [7, 11) is 1.86. The fourth-order valence-electron chi connectivity index (χ4n) is 2.58. The van der Waals surface area contributed by atoms with E-state index in [9.17, 15) is 0 Å². The van der Waals surface area contributed by atoms with Gasteiger partial charge in [0.15, 0.2) is 0 Å². The first-order valence-corrected chi connectivity index (χ1v) is 7.01. The molecule has 0 spiro atoms. The second-order valence-corrected chi connectivity index (χ2v) is 5.52. The molecule has 2 N–H and O–H groups in total. The molecule has 1 aliphatic rings. The molecule has 0 aliphatic carbocycles. The van der Waals surface area contributed by atoms with Crippen LogP contribution in [0.3, 0.4) is 0 Å². The average Bonchev–Trinajstić information content (AvgIpc) is 2.57. The number of nitrogens with two attached hydrogens (primary N) is 1. The molecule has 2 atom stereocenters. The Morgan fingerprint density at radius 3 is 2.89 bits per heavy atom. The zero-order chi connectivity index (χ0) is 13.1. The normalized spacial score (nSPS) is 22.1. The first-order valence-electron chi connectivity index (χ1n) is 6.63. The molecule has 1 fully saturated rings. The van der Waals surface area contributed by atoms with Gasteiger partial charge in [-0.3, -0.25) is 4.68 Å². The molecule has 2 rings (SSSR count). The second kappa shape index (κ2) is 6.04. The van der Waals surface area contributed by atoms with E-state index in [1.165, 1.54) is 12.8 Å². The molecule has 1 aromatic rings. The summed E-state index contributed by atoms with van der Waals surface area (Å²) in [5.41, 5.74) is 8.25. The predicted octanol–water partition coefficient (Wildman–Crippen LogP) is 2.21. The van der Waals surface area contributed by atoms with Gasteiger partial charge in [0.05, 0.1) is 11.8 Å². The second-order valence-electron chi connectivity index (χ2n) is 5.17. The largest absolute Gasteiger partial charge is 0.378 e. The molecule has 0 radical (unpaired) electrons. The van der Waals surface area contributed by atoms with Gasteiger partial charge in [-0.25, -0.2) is 0 Å². The molecule has 0 amide bonds. The maximum atomic E-state index is 6.21. The van der Waals surface area contributed by atoms with E-state index < -0.39 is 0 Å². The summed E-state index contributed by atoms with van der Waals surface area (Å²) in [6.07, 6.45) is 5.57. The summed E-state index contributed by atoms with van der Waals surface area (Å²) < 4.78 is 7.42. The molecule has 1 aliphatic heterocycles. The molecule has 0 bridgehead atoms. The maximum Gasteiger partial charge on any atom is 0.130 e. The smallest absolute Gasteiger partial charge is 0.130 e. The van der Waals surface area contributed by atoms with Crippen LogP contribution in [-0.2, 0) is 18.2 Å². The first-order chi connectivity index (χ1) is 8.58. The molecule has 4 nitrogen and oxygen atoms in total. The molecule has 102 valence electrons. The minimum Gasteiger partial charge on any atom is -0.378 e. The number of halogens is 1. The van der Waals surface area contributed by atoms with Gasteiger partial charge in [0, 0.05) is 25.3 Å². The van der Waals surface area contributed by atoms with Gasteiger partial charge < -0.3 is 10.5 Å². The lowest BCUT2D eigenvalue weighted by Gasteiger charge is -2.25. The van der Waals surface area contributed by atoms with Crippen molar-refractivity contribution < 1.29 is 4.74 Å². The van der Waals surface area contributed by atoms with E-state index >= 15 is 0 Å². The Kier molecular flexibility index (Phi) is 4.65. The van der Waals surface area contributed by atoms with E-state index in [1.807, 2.05) is 14.0 Å². The molecular weight excluding hydrogens is 250 g/mol. The summed E-state index contributed by atoms with van der Waals surface area (Å²) in [5, 5.41) is 5.01. The van der Waals surface area contributed by atoms with Crippen LogP contribution in [0.4, 0.5) is 0 Å². The molecule has 18 heavy (non-hydrogen) atoms. The van der Waals surface area contributed by atoms with E-state index in [2.05, 4.69) is 5.10 Å². The van der Waals surface area contributed by atoms with Crippen LogP contribution in [0.1, 0.15) is 36.9 Å². The molecule has 5 heteroatoms. The van der Waals surface area contributed by atoms with Gasteiger partial charge in [0.25, 0.3) is 0 Å². The fraction of sp³-hybridized carbons (Fsp3) is 0.769. The number of hydrogen-bond acceptors (Lipinski definition) is 3. The van der Waals surface area contributed by atoms with Crippen LogP contribution in [-0.4, -0.2) is 28.5 Å². The highest BCUT2D eigenvalue weighted by Gasteiger charge is 2.20. The Morgan fingerprint density at radius 2 is 2.33 bits per heavy atom. The van der Waals surface area contributed by atoms with Crippen molar-refractivity contribution in [3.8, 4) is 0 Å². The Labute approximate surface area is 113 Å². The molecule has 1 saturated heterocycles. The summed E-state index contributed by atoms with van der Waals surface area (Å²) in [5.74, 6) is 0. The third-order valence-electron chi connectivity index (χ3n) is 3.58. The topological polar surface area (TPSA) is 53.1 Å². The van der Waals surface area contributed by atoms with E-state index in [0.29, 0.717) is 11.3 Å². The fourth-order valence-corrected chi connectivity index (χ4v) is 2.83. The van der Waals surface area contributed by atoms with Gasteiger partial charge in [0.2, 0.25) is 0 Å². The van der Waals surface area contributed by atoms with Gasteiger partial charge >= 0.3 is 0 Å². The van der Waals surface area contributed by atoms with Crippen molar-refractivity contribution in [2.24, 2.45) is 12.8 Å². The van der Waals surface area contributed by atoms with Crippen molar-refractivity contribution in [3.05, 3.63) is 16.4 Å². The summed E-state index contributed by atoms with van der Waals surface area (Å²) >= 11 is 6.21. The van der Waals surface area contributed by atoms with Crippen molar-refractivity contribution in [1.82, 2.24) is 9.78 Å². The molecule has 2 unspecified atom stereocenters. The van der Waals surface area contributed by atoms with Gasteiger partial charge in [0.1, 0.15) is 5.15 Å². The van der Waals surface area contributed by atoms with E-state index in [-0.39, 0.29) is 6.04 Å². The maximum absolute atomic E-state index is 6.21. The standard InChI is InChI=1S/C13H22ClN3O/c1-9-12(13(14)17(2)16-9)8-10(15)7-11-5-3-4-6-18-11/h10-11H,3-8,15H2,1-2H3. The zero-order valence-electron chi connectivity index (χ0n) is 11.2. The lowest BCUT2D eigenvalue weighted by atomic mass is 9.98. The van der Waals surface area contributed by atoms with Gasteiger partial charge in [-0.05, 0) is 39.0 Å². The van der Waals surface area contributed by atoms with Crippen LogP contribution in [0.5, 0.6) is 0 Å². The lowest BCUT2D eigenvalue weighted by Crippen LogP contribution is -2.31. The molecule has 2 heterocycles. The van der Waals surface area contributed by atoms with Gasteiger partial charge in [-0.15, -0.1) is 0 Å². The van der Waals surface area contributed by atoms with Gasteiger partial charge in [-0.1, -0.05) is 11.6 Å². The highest BCUT2D eigenvalue weighted by atomic mass is 35.5. The van der Waals surface area contributed by atoms with Crippen molar-refractivity contribution in [1.29, 1.82) is 0 Å². The van der Waals surface area contributed by atoms with Crippen molar-refractivity contribution in [2.75, 3.05) is 6.61 Å². The lowest BCUT2D eigenvalue weighted by molar-refractivity contribution is 0.00746. The highest BCUT2D eigenvalue weighted by molar-refractivity contribution is 6.30. The van der Waals surface area contributed by atoms with E-state index in [4.69, 9.17) is 22.1 Å². The molecule has 1 aromatic heterocycles. The molecular formula is C13H22ClN3O. The zero-order valence-corrected chi connectivity index (χ0v) is 11.9. The SMILES string of the molecule is Cc1nn(C)c(Cl)c1CC(N)CC1CCCCO1. The minimum atomic E-state index is 0.0912. The molecule has 0 aromatic carbocycles. The Bertz CT molecular complexity index is 399. The number of ether oxygens (including phenoxy) is 1. The Hall–Kier alpha value is -0.580. The number of aromatic nitrogens is 2. The summed E-state index contributed by atoms with van der Waals surface area (Å²) in [6.45, 7) is 2.86. The highest BCUT2D eigenvalue weighted by Crippen LogP contribution is 2.22. The Balaban J connectivity index is 1.91. The van der Waals surface area contributed by atoms with Crippen LogP contribution in [0.25, 0.3) is 0 Å². The summed E-state index contributed by atoms with van der Waals surface area (Å²) in [4.78, 5) is 0. The quantitative estimate of drug-likeness (QED) is 0.914. The van der Waals surface area contributed by atoms with Crippen LogP contribution < -0.4 is 5.73 Å². The Morgan fingerprint density at radius 1 is 1.56 bits per heavy atom.